The van der Waals surface area contributed by atoms with Gasteiger partial charge in [0.1, 0.15) is 12.6 Å². The zero-order chi connectivity index (χ0) is 15.7. The first kappa shape index (κ1) is 15.1. The smallest absolute Gasteiger partial charge is 0.284 e. The number of benzene rings is 1. The summed E-state index contributed by atoms with van der Waals surface area (Å²) in [5.74, 6) is -1.77. The maximum Gasteiger partial charge on any atom is 0.284 e. The Balaban J connectivity index is 2.35. The van der Waals surface area contributed by atoms with Crippen molar-refractivity contribution in [3.8, 4) is 0 Å². The van der Waals surface area contributed by atoms with Gasteiger partial charge < -0.3 is 4.90 Å². The molecule has 0 spiro atoms. The second kappa shape index (κ2) is 5.60. The molecule has 1 aromatic carbocycles. The molecule has 9 heteroatoms. The number of carbonyl (C=O) groups excluding carboxylic acids is 3. The summed E-state index contributed by atoms with van der Waals surface area (Å²) >= 11 is 3.02. The number of nitrogens with zero attached hydrogens (tertiary/aromatic N) is 2. The fourth-order valence-corrected chi connectivity index (χ4v) is 2.31. The van der Waals surface area contributed by atoms with Crippen LogP contribution < -0.4 is 5.32 Å². The van der Waals surface area contributed by atoms with E-state index in [-0.39, 0.29) is 22.3 Å². The first-order chi connectivity index (χ1) is 9.81. The maximum absolute atomic E-state index is 12.3. The van der Waals surface area contributed by atoms with Crippen LogP contribution in [0.4, 0.5) is 5.69 Å². The van der Waals surface area contributed by atoms with E-state index in [0.717, 1.165) is 11.0 Å². The summed E-state index contributed by atoms with van der Waals surface area (Å²) in [5, 5.41) is 13.0. The Bertz CT molecular complexity index is 660. The van der Waals surface area contributed by atoms with Crippen LogP contribution in [0.5, 0.6) is 0 Å². The van der Waals surface area contributed by atoms with Gasteiger partial charge in [0.25, 0.3) is 11.6 Å². The lowest BCUT2D eigenvalue weighted by Gasteiger charge is -2.31. The van der Waals surface area contributed by atoms with Gasteiger partial charge in [0, 0.05) is 11.6 Å². The van der Waals surface area contributed by atoms with E-state index in [1.165, 1.54) is 19.1 Å². The minimum absolute atomic E-state index is 0.0410. The van der Waals surface area contributed by atoms with Crippen molar-refractivity contribution < 1.29 is 19.3 Å². The van der Waals surface area contributed by atoms with E-state index in [1.54, 1.807) is 0 Å². The molecule has 21 heavy (non-hydrogen) atoms. The molecule has 1 aliphatic heterocycles. The third-order valence-corrected chi connectivity index (χ3v) is 3.74. The van der Waals surface area contributed by atoms with Crippen LogP contribution in [0.1, 0.15) is 17.3 Å². The fourth-order valence-electron chi connectivity index (χ4n) is 1.91. The van der Waals surface area contributed by atoms with Gasteiger partial charge >= 0.3 is 0 Å². The lowest BCUT2D eigenvalue weighted by Crippen LogP contribution is -2.58. The number of amides is 3. The summed E-state index contributed by atoms with van der Waals surface area (Å²) in [6.07, 6.45) is 0. The number of halogens is 1. The van der Waals surface area contributed by atoms with Crippen molar-refractivity contribution in [1.29, 1.82) is 0 Å². The van der Waals surface area contributed by atoms with Crippen LogP contribution in [-0.2, 0) is 9.59 Å². The van der Waals surface area contributed by atoms with E-state index in [4.69, 9.17) is 0 Å². The van der Waals surface area contributed by atoms with Gasteiger partial charge in [0.05, 0.1) is 9.40 Å². The highest BCUT2D eigenvalue weighted by molar-refractivity contribution is 9.10. The molecule has 0 aromatic heterocycles. The normalized spacial score (nSPS) is 18.4. The average molecular weight is 356 g/mol. The number of nitro benzene ring substituents is 1. The minimum atomic E-state index is -0.821. The highest BCUT2D eigenvalue weighted by Crippen LogP contribution is 2.26. The summed E-state index contributed by atoms with van der Waals surface area (Å²) < 4.78 is 0.240. The van der Waals surface area contributed by atoms with Crippen molar-refractivity contribution in [3.05, 3.63) is 38.3 Å². The first-order valence-electron chi connectivity index (χ1n) is 5.90. The molecule has 110 valence electrons. The zero-order valence-corrected chi connectivity index (χ0v) is 12.4. The molecular weight excluding hydrogens is 346 g/mol. The summed E-state index contributed by atoms with van der Waals surface area (Å²) in [4.78, 5) is 46.6. The molecule has 1 fully saturated rings. The van der Waals surface area contributed by atoms with E-state index in [2.05, 4.69) is 21.2 Å². The summed E-state index contributed by atoms with van der Waals surface area (Å²) in [6, 6.07) is 3.05. The SMILES string of the molecule is CC1C(=O)NC(=O)CN1C(=O)c1ccc(Br)c([N+](=O)[O-])c1. The van der Waals surface area contributed by atoms with Gasteiger partial charge in [0.15, 0.2) is 0 Å². The minimum Gasteiger partial charge on any atom is -0.318 e. The second-order valence-electron chi connectivity index (χ2n) is 4.44. The topological polar surface area (TPSA) is 110 Å². The molecule has 1 atom stereocenters. The third kappa shape index (κ3) is 2.92. The lowest BCUT2D eigenvalue weighted by atomic mass is 10.1. The molecule has 1 unspecified atom stereocenters. The van der Waals surface area contributed by atoms with Crippen LogP contribution in [0.3, 0.4) is 0 Å². The summed E-state index contributed by atoms with van der Waals surface area (Å²) in [6.45, 7) is 1.21. The van der Waals surface area contributed by atoms with Crippen molar-refractivity contribution in [2.45, 2.75) is 13.0 Å². The van der Waals surface area contributed by atoms with Gasteiger partial charge in [-0.3, -0.25) is 29.8 Å². The molecule has 0 bridgehead atoms. The van der Waals surface area contributed by atoms with E-state index in [9.17, 15) is 24.5 Å². The molecule has 1 aromatic rings. The Labute approximate surface area is 127 Å². The Morgan fingerprint density at radius 3 is 2.76 bits per heavy atom. The maximum atomic E-state index is 12.3. The number of piperazine rings is 1. The van der Waals surface area contributed by atoms with E-state index in [1.807, 2.05) is 0 Å². The van der Waals surface area contributed by atoms with Crippen molar-refractivity contribution in [3.63, 3.8) is 0 Å². The molecule has 1 heterocycles. The zero-order valence-electron chi connectivity index (χ0n) is 10.8. The number of rotatable bonds is 2. The van der Waals surface area contributed by atoms with Crippen LogP contribution in [0.15, 0.2) is 22.7 Å². The molecule has 3 amide bonds. The van der Waals surface area contributed by atoms with Crippen molar-refractivity contribution in [1.82, 2.24) is 10.2 Å². The highest BCUT2D eigenvalue weighted by Gasteiger charge is 2.34. The Kier molecular flexibility index (Phi) is 4.03. The van der Waals surface area contributed by atoms with E-state index in [0.29, 0.717) is 0 Å². The molecule has 8 nitrogen and oxygen atoms in total. The number of carbonyl (C=O) groups is 3. The standard InChI is InChI=1S/C12H10BrN3O5/c1-6-11(18)14-10(17)5-15(6)12(19)7-2-3-8(13)9(4-7)16(20)21/h2-4,6H,5H2,1H3,(H,14,17,18). The molecular formula is C12H10BrN3O5. The quantitative estimate of drug-likeness (QED) is 0.480. The second-order valence-corrected chi connectivity index (χ2v) is 5.30. The predicted octanol–water partition coefficient (Wildman–Crippen LogP) is 0.844. The van der Waals surface area contributed by atoms with Gasteiger partial charge in [-0.2, -0.15) is 0 Å². The first-order valence-corrected chi connectivity index (χ1v) is 6.69. The Morgan fingerprint density at radius 1 is 1.48 bits per heavy atom. The van der Waals surface area contributed by atoms with Crippen LogP contribution in [0.2, 0.25) is 0 Å². The molecule has 1 saturated heterocycles. The average Bonchev–Trinajstić information content (AvgIpc) is 2.42. The van der Waals surface area contributed by atoms with Gasteiger partial charge in [-0.1, -0.05) is 0 Å². The summed E-state index contributed by atoms with van der Waals surface area (Å²) in [5.41, 5.74) is -0.222. The van der Waals surface area contributed by atoms with Gasteiger partial charge in [-0.05, 0) is 35.0 Å². The predicted molar refractivity (Wildman–Crippen MR) is 74.4 cm³/mol. The van der Waals surface area contributed by atoms with Crippen LogP contribution in [-0.4, -0.2) is 40.1 Å². The molecule has 0 saturated carbocycles. The number of hydrogen-bond donors (Lipinski definition) is 1. The van der Waals surface area contributed by atoms with Crippen LogP contribution in [0, 0.1) is 10.1 Å². The molecule has 1 N–H and O–H groups in total. The van der Waals surface area contributed by atoms with Crippen molar-refractivity contribution in [2.75, 3.05) is 6.54 Å². The van der Waals surface area contributed by atoms with Gasteiger partial charge in [-0.15, -0.1) is 0 Å². The summed E-state index contributed by atoms with van der Waals surface area (Å²) in [7, 11) is 0. The Morgan fingerprint density at radius 2 is 2.14 bits per heavy atom. The van der Waals surface area contributed by atoms with Crippen LogP contribution >= 0.6 is 15.9 Å². The highest BCUT2D eigenvalue weighted by atomic mass is 79.9. The number of nitrogens with one attached hydrogen (secondary N) is 1. The van der Waals surface area contributed by atoms with E-state index < -0.39 is 28.7 Å². The van der Waals surface area contributed by atoms with Crippen molar-refractivity contribution in [2.24, 2.45) is 0 Å². The largest absolute Gasteiger partial charge is 0.318 e. The van der Waals surface area contributed by atoms with E-state index >= 15 is 0 Å². The van der Waals surface area contributed by atoms with Crippen LogP contribution in [0.25, 0.3) is 0 Å². The molecule has 0 aliphatic carbocycles. The van der Waals surface area contributed by atoms with Gasteiger partial charge in [0.2, 0.25) is 11.8 Å². The fraction of sp³-hybridized carbons (Fsp3) is 0.250. The molecule has 2 rings (SSSR count). The van der Waals surface area contributed by atoms with Crippen molar-refractivity contribution >= 4 is 39.3 Å². The molecule has 0 radical (unpaired) electrons. The number of imide groups is 1. The monoisotopic (exact) mass is 355 g/mol. The number of hydrogen-bond acceptors (Lipinski definition) is 5. The third-order valence-electron chi connectivity index (χ3n) is 3.07. The van der Waals surface area contributed by atoms with Gasteiger partial charge in [-0.25, -0.2) is 0 Å². The Hall–Kier alpha value is -2.29. The number of nitro groups is 1. The molecule has 1 aliphatic rings. The lowest BCUT2D eigenvalue weighted by molar-refractivity contribution is -0.385.